The second kappa shape index (κ2) is 4.70. The van der Waals surface area contributed by atoms with Gasteiger partial charge in [0.2, 0.25) is 0 Å². The predicted octanol–water partition coefficient (Wildman–Crippen LogP) is 3.82. The average molecular weight is 281 g/mol. The summed E-state index contributed by atoms with van der Waals surface area (Å²) in [5, 5.41) is 3.94. The van der Waals surface area contributed by atoms with E-state index in [-0.39, 0.29) is 6.04 Å². The summed E-state index contributed by atoms with van der Waals surface area (Å²) in [4.78, 5) is 11.1. The van der Waals surface area contributed by atoms with Crippen molar-refractivity contribution >= 4 is 40.9 Å². The number of alkyl carbamates (subject to hydrolysis) is 1. The maximum atomic E-state index is 11.1. The van der Waals surface area contributed by atoms with E-state index in [9.17, 15) is 4.79 Å². The third kappa shape index (κ3) is 2.21. The fourth-order valence-corrected chi connectivity index (χ4v) is 2.40. The van der Waals surface area contributed by atoms with Gasteiger partial charge in [0.15, 0.2) is 0 Å². The summed E-state index contributed by atoms with van der Waals surface area (Å²) in [6, 6.07) is 3.03. The summed E-state index contributed by atoms with van der Waals surface area (Å²) in [7, 11) is 0. The Labute approximate surface area is 108 Å². The monoisotopic (exact) mass is 279 g/mol. The minimum atomic E-state index is -0.469. The molecule has 1 saturated heterocycles. The van der Waals surface area contributed by atoms with Crippen LogP contribution in [0.5, 0.6) is 0 Å². The van der Waals surface area contributed by atoms with Crippen LogP contribution < -0.4 is 5.32 Å². The molecule has 0 aliphatic carbocycles. The van der Waals surface area contributed by atoms with Crippen LogP contribution in [0, 0.1) is 0 Å². The van der Waals surface area contributed by atoms with Gasteiger partial charge < -0.3 is 10.1 Å². The molecule has 1 fully saturated rings. The van der Waals surface area contributed by atoms with Gasteiger partial charge in [-0.2, -0.15) is 0 Å². The lowest BCUT2D eigenvalue weighted by Crippen LogP contribution is -2.35. The van der Waals surface area contributed by atoms with E-state index in [1.807, 2.05) is 0 Å². The van der Waals surface area contributed by atoms with Gasteiger partial charge in [0.1, 0.15) is 0 Å². The van der Waals surface area contributed by atoms with Crippen molar-refractivity contribution < 1.29 is 9.53 Å². The van der Waals surface area contributed by atoms with Crippen molar-refractivity contribution in [1.82, 2.24) is 5.32 Å². The van der Waals surface area contributed by atoms with Crippen LogP contribution in [0.25, 0.3) is 0 Å². The number of halogens is 3. The minimum absolute atomic E-state index is 0.250. The number of amides is 1. The molecule has 1 heterocycles. The molecule has 1 atom stereocenters. The van der Waals surface area contributed by atoms with E-state index in [1.165, 1.54) is 0 Å². The second-order valence-corrected chi connectivity index (χ2v) is 4.57. The summed E-state index contributed by atoms with van der Waals surface area (Å²) >= 11 is 18.0. The molecule has 0 aromatic heterocycles. The molecule has 0 bridgehead atoms. The first-order chi connectivity index (χ1) is 7.59. The first-order valence-electron chi connectivity index (χ1n) is 4.66. The van der Waals surface area contributed by atoms with E-state index >= 15 is 0 Å². The normalized spacial score (nSPS) is 20.2. The molecular formula is C10H8Cl3NO2. The van der Waals surface area contributed by atoms with Crippen LogP contribution in [0.3, 0.4) is 0 Å². The third-order valence-electron chi connectivity index (χ3n) is 2.36. The van der Waals surface area contributed by atoms with Crippen LogP contribution in [0.15, 0.2) is 12.1 Å². The van der Waals surface area contributed by atoms with Crippen molar-refractivity contribution in [3.8, 4) is 0 Å². The molecule has 1 N–H and O–H groups in total. The highest BCUT2D eigenvalue weighted by atomic mass is 35.5. The lowest BCUT2D eigenvalue weighted by Gasteiger charge is -2.25. The predicted molar refractivity (Wildman–Crippen MR) is 63.3 cm³/mol. The molecule has 1 amide bonds. The Morgan fingerprint density at radius 3 is 2.62 bits per heavy atom. The van der Waals surface area contributed by atoms with Crippen molar-refractivity contribution in [1.29, 1.82) is 0 Å². The van der Waals surface area contributed by atoms with Gasteiger partial charge in [-0.15, -0.1) is 0 Å². The van der Waals surface area contributed by atoms with Crippen LogP contribution in [0.2, 0.25) is 15.1 Å². The highest BCUT2D eigenvalue weighted by Crippen LogP contribution is 2.37. The van der Waals surface area contributed by atoms with Crippen LogP contribution >= 0.6 is 34.8 Å². The molecule has 16 heavy (non-hydrogen) atoms. The van der Waals surface area contributed by atoms with Crippen LogP contribution in [-0.4, -0.2) is 12.7 Å². The average Bonchev–Trinajstić information content (AvgIpc) is 2.24. The van der Waals surface area contributed by atoms with Gasteiger partial charge in [0, 0.05) is 17.0 Å². The van der Waals surface area contributed by atoms with Gasteiger partial charge >= 0.3 is 6.09 Å². The highest BCUT2D eigenvalue weighted by molar-refractivity contribution is 6.44. The Morgan fingerprint density at radius 2 is 1.94 bits per heavy atom. The molecule has 6 heteroatoms. The summed E-state index contributed by atoms with van der Waals surface area (Å²) in [6.07, 6.45) is 0.147. The van der Waals surface area contributed by atoms with Gasteiger partial charge in [0.05, 0.1) is 22.7 Å². The van der Waals surface area contributed by atoms with Gasteiger partial charge in [0.25, 0.3) is 0 Å². The maximum Gasteiger partial charge on any atom is 0.407 e. The third-order valence-corrected chi connectivity index (χ3v) is 3.51. The maximum absolute atomic E-state index is 11.1. The van der Waals surface area contributed by atoms with E-state index in [4.69, 9.17) is 39.5 Å². The lowest BCUT2D eigenvalue weighted by atomic mass is 10.0. The zero-order chi connectivity index (χ0) is 11.7. The number of ether oxygens (including phenoxy) is 1. The van der Waals surface area contributed by atoms with Crippen LogP contribution in [-0.2, 0) is 4.74 Å². The Morgan fingerprint density at radius 1 is 1.25 bits per heavy atom. The molecule has 0 unspecified atom stereocenters. The second-order valence-electron chi connectivity index (χ2n) is 3.38. The molecule has 0 spiro atoms. The molecule has 1 aromatic carbocycles. The molecule has 2 rings (SSSR count). The van der Waals surface area contributed by atoms with E-state index < -0.39 is 6.09 Å². The Kier molecular flexibility index (Phi) is 3.47. The molecule has 86 valence electrons. The van der Waals surface area contributed by atoms with Crippen molar-refractivity contribution in [2.45, 2.75) is 12.5 Å². The summed E-state index contributed by atoms with van der Waals surface area (Å²) in [5.41, 5.74) is 0.646. The SMILES string of the molecule is O=C1N[C@@H](c2c(Cl)ccc(Cl)c2Cl)CCO1. The lowest BCUT2D eigenvalue weighted by molar-refractivity contribution is 0.115. The number of nitrogens with one attached hydrogen (secondary N) is 1. The van der Waals surface area contributed by atoms with Gasteiger partial charge in [-0.25, -0.2) is 4.79 Å². The van der Waals surface area contributed by atoms with Gasteiger partial charge in [-0.05, 0) is 12.1 Å². The Hall–Kier alpha value is -0.640. The van der Waals surface area contributed by atoms with E-state index in [1.54, 1.807) is 12.1 Å². The van der Waals surface area contributed by atoms with Crippen molar-refractivity contribution in [3.63, 3.8) is 0 Å². The van der Waals surface area contributed by atoms with Gasteiger partial charge in [-0.3, -0.25) is 0 Å². The van der Waals surface area contributed by atoms with E-state index in [0.29, 0.717) is 33.7 Å². The number of benzene rings is 1. The fourth-order valence-electron chi connectivity index (χ4n) is 1.60. The standard InChI is InChI=1S/C10H8Cl3NO2/c11-5-1-2-6(12)9(13)8(5)7-3-4-16-10(15)14-7/h1-2,7H,3-4H2,(H,14,15)/t7-/m1/s1. The molecule has 3 nitrogen and oxygen atoms in total. The molecule has 1 aliphatic rings. The number of hydrogen-bond acceptors (Lipinski definition) is 2. The number of cyclic esters (lactones) is 1. The van der Waals surface area contributed by atoms with Crippen molar-refractivity contribution in [2.24, 2.45) is 0 Å². The van der Waals surface area contributed by atoms with Crippen molar-refractivity contribution in [3.05, 3.63) is 32.8 Å². The minimum Gasteiger partial charge on any atom is -0.449 e. The Balaban J connectivity index is 2.39. The summed E-state index contributed by atoms with van der Waals surface area (Å²) in [6.45, 7) is 0.343. The summed E-state index contributed by atoms with van der Waals surface area (Å²) < 4.78 is 4.77. The first kappa shape index (κ1) is 11.8. The number of hydrogen-bond donors (Lipinski definition) is 1. The first-order valence-corrected chi connectivity index (χ1v) is 5.79. The fraction of sp³-hybridized carbons (Fsp3) is 0.300. The smallest absolute Gasteiger partial charge is 0.407 e. The molecular weight excluding hydrogens is 272 g/mol. The van der Waals surface area contributed by atoms with Crippen molar-refractivity contribution in [2.75, 3.05) is 6.61 Å². The number of rotatable bonds is 1. The largest absolute Gasteiger partial charge is 0.449 e. The molecule has 0 saturated carbocycles. The number of carbonyl (C=O) groups excluding carboxylic acids is 1. The van der Waals surface area contributed by atoms with E-state index in [2.05, 4.69) is 5.32 Å². The van der Waals surface area contributed by atoms with Crippen LogP contribution in [0.1, 0.15) is 18.0 Å². The zero-order valence-electron chi connectivity index (χ0n) is 8.10. The highest BCUT2D eigenvalue weighted by Gasteiger charge is 2.25. The van der Waals surface area contributed by atoms with Crippen LogP contribution in [0.4, 0.5) is 4.79 Å². The number of carbonyl (C=O) groups is 1. The topological polar surface area (TPSA) is 38.3 Å². The Bertz CT molecular complexity index is 436. The molecule has 1 aliphatic heterocycles. The quantitative estimate of drug-likeness (QED) is 0.794. The zero-order valence-corrected chi connectivity index (χ0v) is 10.4. The molecule has 0 radical (unpaired) electrons. The molecule has 1 aromatic rings. The summed E-state index contributed by atoms with van der Waals surface area (Å²) in [5.74, 6) is 0. The van der Waals surface area contributed by atoms with E-state index in [0.717, 1.165) is 0 Å². The van der Waals surface area contributed by atoms with Gasteiger partial charge in [-0.1, -0.05) is 34.8 Å².